The van der Waals surface area contributed by atoms with E-state index in [9.17, 15) is 20.1 Å². The molecule has 3 aromatic rings. The number of anilines is 1. The first kappa shape index (κ1) is 22.5. The number of benzene rings is 1. The van der Waals surface area contributed by atoms with Gasteiger partial charge in [-0.2, -0.15) is 5.10 Å². The zero-order valence-corrected chi connectivity index (χ0v) is 19.0. The zero-order valence-electron chi connectivity index (χ0n) is 19.0. The smallest absolute Gasteiger partial charge is 0.407 e. The first-order valence-corrected chi connectivity index (χ1v) is 11.3. The van der Waals surface area contributed by atoms with E-state index in [0.717, 1.165) is 26.9 Å². The molecule has 4 heterocycles. The van der Waals surface area contributed by atoms with Crippen molar-refractivity contribution >= 4 is 22.8 Å². The van der Waals surface area contributed by atoms with E-state index in [1.807, 2.05) is 19.1 Å². The molecule has 34 heavy (non-hydrogen) atoms. The van der Waals surface area contributed by atoms with Crippen molar-refractivity contribution in [3.8, 4) is 5.82 Å². The summed E-state index contributed by atoms with van der Waals surface area (Å²) in [4.78, 5) is 23.2. The standard InChI is InChI=1S/C23H27FN6O4/c1-12-5-14-8-25-30(18(14)6-16(12)15-3-4-28(23(33)34)9-17(15)24)22-7-21(26-13(2)27-22)29-10-19(31)20(32)11-29/h5-8,15,17,19-20,31-32H,3-4,9-11H2,1-2H3,(H,33,34). The SMILES string of the molecule is Cc1nc(N2CC(O)C(O)C2)cc(-n2ncc3cc(C)c(C4CCN(C(=O)O)CC4F)cc32)n1. The molecule has 0 bridgehead atoms. The molecule has 0 spiro atoms. The van der Waals surface area contributed by atoms with Gasteiger partial charge in [0.25, 0.3) is 0 Å². The van der Waals surface area contributed by atoms with E-state index in [0.29, 0.717) is 30.4 Å². The Hall–Kier alpha value is -3.31. The number of carbonyl (C=O) groups is 1. The predicted octanol–water partition coefficient (Wildman–Crippen LogP) is 1.78. The Morgan fingerprint density at radius 1 is 1.06 bits per heavy atom. The Labute approximate surface area is 195 Å². The van der Waals surface area contributed by atoms with Crippen LogP contribution in [0.4, 0.5) is 15.0 Å². The average molecular weight is 471 g/mol. The third-order valence-electron chi connectivity index (χ3n) is 6.78. The lowest BCUT2D eigenvalue weighted by molar-refractivity contribution is 0.0572. The Bertz CT molecular complexity index is 1240. The van der Waals surface area contributed by atoms with E-state index in [1.165, 1.54) is 0 Å². The fraction of sp³-hybridized carbons (Fsp3) is 0.478. The molecule has 1 amide bonds. The van der Waals surface area contributed by atoms with Gasteiger partial charge in [0.2, 0.25) is 0 Å². The van der Waals surface area contributed by atoms with Gasteiger partial charge in [-0.05, 0) is 43.5 Å². The van der Waals surface area contributed by atoms with Crippen LogP contribution in [0, 0.1) is 13.8 Å². The van der Waals surface area contributed by atoms with Gasteiger partial charge in [0.05, 0.1) is 30.5 Å². The molecule has 180 valence electrons. The monoisotopic (exact) mass is 470 g/mol. The van der Waals surface area contributed by atoms with Gasteiger partial charge in [-0.1, -0.05) is 0 Å². The molecule has 1 aromatic carbocycles. The van der Waals surface area contributed by atoms with Crippen molar-refractivity contribution < 1.29 is 24.5 Å². The van der Waals surface area contributed by atoms with Crippen LogP contribution >= 0.6 is 0 Å². The minimum atomic E-state index is -1.29. The van der Waals surface area contributed by atoms with Crippen LogP contribution in [0.1, 0.15) is 29.3 Å². The Morgan fingerprint density at radius 2 is 1.76 bits per heavy atom. The minimum absolute atomic E-state index is 0.140. The summed E-state index contributed by atoms with van der Waals surface area (Å²) in [6, 6.07) is 5.64. The van der Waals surface area contributed by atoms with Crippen LogP contribution in [0.15, 0.2) is 24.4 Å². The largest absolute Gasteiger partial charge is 0.465 e. The number of fused-ring (bicyclic) bond motifs is 1. The molecule has 2 fully saturated rings. The number of alkyl halides is 1. The van der Waals surface area contributed by atoms with Crippen LogP contribution in [0.2, 0.25) is 0 Å². The number of nitrogens with zero attached hydrogens (tertiary/aromatic N) is 6. The van der Waals surface area contributed by atoms with Gasteiger partial charge in [0.1, 0.15) is 17.8 Å². The highest BCUT2D eigenvalue weighted by Gasteiger charge is 2.34. The molecular weight excluding hydrogens is 443 g/mol. The molecular formula is C23H27FN6O4. The molecule has 11 heteroatoms. The summed E-state index contributed by atoms with van der Waals surface area (Å²) in [6.07, 6.45) is -1.93. The van der Waals surface area contributed by atoms with Crippen LogP contribution in [0.5, 0.6) is 0 Å². The van der Waals surface area contributed by atoms with Crippen LogP contribution in [-0.4, -0.2) is 90.6 Å². The van der Waals surface area contributed by atoms with Gasteiger partial charge in [-0.25, -0.2) is 23.8 Å². The van der Waals surface area contributed by atoms with Crippen molar-refractivity contribution in [1.82, 2.24) is 24.6 Å². The number of β-amino-alcohol motifs (C(OH)–C–C–N with tert-alkyl or cyclic N) is 2. The third kappa shape index (κ3) is 3.94. The normalized spacial score (nSPS) is 25.3. The van der Waals surface area contributed by atoms with Gasteiger partial charge in [-0.15, -0.1) is 0 Å². The summed E-state index contributed by atoms with van der Waals surface area (Å²) < 4.78 is 16.7. The quantitative estimate of drug-likeness (QED) is 0.529. The Kier molecular flexibility index (Phi) is 5.61. The summed E-state index contributed by atoms with van der Waals surface area (Å²) in [5.74, 6) is 1.22. The number of likely N-dealkylation sites (tertiary alicyclic amines) is 1. The number of rotatable bonds is 3. The predicted molar refractivity (Wildman–Crippen MR) is 122 cm³/mol. The molecule has 2 aliphatic rings. The van der Waals surface area contributed by atoms with Crippen molar-refractivity contribution in [3.63, 3.8) is 0 Å². The summed E-state index contributed by atoms with van der Waals surface area (Å²) in [6.45, 7) is 4.39. The van der Waals surface area contributed by atoms with Crippen molar-refractivity contribution in [2.45, 2.75) is 44.6 Å². The highest BCUT2D eigenvalue weighted by Crippen LogP contribution is 2.35. The number of aliphatic hydroxyl groups is 2. The van der Waals surface area contributed by atoms with Crippen LogP contribution < -0.4 is 4.90 Å². The minimum Gasteiger partial charge on any atom is -0.465 e. The topological polar surface area (TPSA) is 128 Å². The number of hydrogen-bond donors (Lipinski definition) is 3. The molecule has 4 atom stereocenters. The number of halogens is 1. The number of aromatic nitrogens is 4. The van der Waals surface area contributed by atoms with Crippen LogP contribution in [-0.2, 0) is 0 Å². The van der Waals surface area contributed by atoms with E-state index < -0.39 is 30.4 Å². The maximum Gasteiger partial charge on any atom is 0.407 e. The lowest BCUT2D eigenvalue weighted by atomic mass is 9.85. The number of piperidine rings is 1. The van der Waals surface area contributed by atoms with Gasteiger partial charge in [0.15, 0.2) is 5.82 Å². The lowest BCUT2D eigenvalue weighted by Crippen LogP contribution is -2.43. The summed E-state index contributed by atoms with van der Waals surface area (Å²) in [7, 11) is 0. The molecule has 2 aromatic heterocycles. The molecule has 5 rings (SSSR count). The molecule has 0 saturated carbocycles. The Balaban J connectivity index is 1.52. The lowest BCUT2D eigenvalue weighted by Gasteiger charge is -2.34. The highest BCUT2D eigenvalue weighted by molar-refractivity contribution is 5.82. The fourth-order valence-corrected chi connectivity index (χ4v) is 4.98. The molecule has 10 nitrogen and oxygen atoms in total. The van der Waals surface area contributed by atoms with Crippen LogP contribution in [0.3, 0.4) is 0 Å². The van der Waals surface area contributed by atoms with Crippen molar-refractivity contribution in [3.05, 3.63) is 41.3 Å². The molecule has 0 radical (unpaired) electrons. The molecule has 0 aliphatic carbocycles. The van der Waals surface area contributed by atoms with Crippen molar-refractivity contribution in [1.29, 1.82) is 0 Å². The first-order valence-electron chi connectivity index (χ1n) is 11.3. The van der Waals surface area contributed by atoms with E-state index in [4.69, 9.17) is 0 Å². The number of aliphatic hydroxyl groups excluding tert-OH is 2. The number of amides is 1. The van der Waals surface area contributed by atoms with E-state index in [1.54, 1.807) is 28.8 Å². The summed E-state index contributed by atoms with van der Waals surface area (Å²) >= 11 is 0. The fourth-order valence-electron chi connectivity index (χ4n) is 4.98. The van der Waals surface area contributed by atoms with Gasteiger partial charge in [-0.3, -0.25) is 0 Å². The molecule has 4 unspecified atom stereocenters. The molecule has 2 saturated heterocycles. The van der Waals surface area contributed by atoms with Gasteiger partial charge < -0.3 is 25.1 Å². The number of aryl methyl sites for hydroxylation is 2. The first-order chi connectivity index (χ1) is 16.2. The second kappa shape index (κ2) is 8.48. The average Bonchev–Trinajstić information content (AvgIpc) is 3.35. The molecule has 3 N–H and O–H groups in total. The second-order valence-electron chi connectivity index (χ2n) is 9.13. The molecule has 2 aliphatic heterocycles. The van der Waals surface area contributed by atoms with Gasteiger partial charge in [0, 0.05) is 37.0 Å². The van der Waals surface area contributed by atoms with Crippen LogP contribution in [0.25, 0.3) is 16.7 Å². The zero-order chi connectivity index (χ0) is 24.1. The third-order valence-corrected chi connectivity index (χ3v) is 6.78. The maximum atomic E-state index is 15.0. The Morgan fingerprint density at radius 3 is 2.44 bits per heavy atom. The highest BCUT2D eigenvalue weighted by atomic mass is 19.1. The number of carboxylic acid groups (broad SMARTS) is 1. The number of hydrogen-bond acceptors (Lipinski definition) is 7. The van der Waals surface area contributed by atoms with E-state index >= 15 is 4.39 Å². The maximum absolute atomic E-state index is 15.0. The van der Waals surface area contributed by atoms with Crippen molar-refractivity contribution in [2.75, 3.05) is 31.1 Å². The second-order valence-corrected chi connectivity index (χ2v) is 9.13. The summed E-state index contributed by atoms with van der Waals surface area (Å²) in [5.41, 5.74) is 2.53. The summed E-state index contributed by atoms with van der Waals surface area (Å²) in [5, 5.41) is 34.4. The van der Waals surface area contributed by atoms with E-state index in [-0.39, 0.29) is 19.6 Å². The van der Waals surface area contributed by atoms with Gasteiger partial charge >= 0.3 is 6.09 Å². The van der Waals surface area contributed by atoms with E-state index in [2.05, 4.69) is 15.1 Å². The van der Waals surface area contributed by atoms with Crippen molar-refractivity contribution in [2.24, 2.45) is 0 Å².